The molecule has 10 rings (SSSR count). The second kappa shape index (κ2) is 25.4. The van der Waals surface area contributed by atoms with Gasteiger partial charge >= 0.3 is 0 Å². The summed E-state index contributed by atoms with van der Waals surface area (Å²) < 4.78 is 10.6. The zero-order valence-electron chi connectivity index (χ0n) is 44.0. The number of imidazole rings is 2. The minimum atomic E-state index is -0.194. The highest BCUT2D eigenvalue weighted by Gasteiger charge is 2.28. The number of aromatic nitrogens is 10. The molecule has 18 nitrogen and oxygen atoms in total. The van der Waals surface area contributed by atoms with Crippen LogP contribution in [0.5, 0.6) is 5.19 Å². The highest BCUT2D eigenvalue weighted by atomic mass is 79.9. The third kappa shape index (κ3) is 14.1. The standard InChI is InChI=1S/C27H33N7O2S.C14H23N3O.C13H11BrN4OS/c1-5-6-19-15-28-25(29-16-19)33-13-11-20(12-14-33)18(2)36-27-31-34-17-23(30-26(34)37-27)21-7-9-22(10-8-21)24(35)32(3)4;1-3-4-12-9-15-14(16-10-12)17-7-5-13(6-8-17)11(2)18;1-17(2)11(19)9-5-3-8(4-6-9)10-7-18-13(15-10)20-12(14)16-18/h7-10,15-18,20H,5-6,11-14H2,1-4H3;9-11,13,18H,3-8H2,1-2H3;3-7H,1-2H3. The molecule has 2 fully saturated rings. The van der Waals surface area contributed by atoms with Crippen LogP contribution < -0.4 is 14.5 Å². The third-order valence-corrected chi connectivity index (χ3v) is 15.6. The maximum absolute atomic E-state index is 12.1. The number of anilines is 2. The van der Waals surface area contributed by atoms with Crippen LogP contribution in [0, 0.1) is 11.8 Å². The summed E-state index contributed by atoms with van der Waals surface area (Å²) in [6.07, 6.45) is 19.8. The molecule has 6 aromatic heterocycles. The second-order valence-corrected chi connectivity index (χ2v) is 22.6. The number of carbonyl (C=O) groups is 2. The lowest BCUT2D eigenvalue weighted by molar-refractivity contribution is 0.0820. The number of hydrogen-bond acceptors (Lipinski definition) is 16. The van der Waals surface area contributed by atoms with E-state index in [1.807, 2.05) is 92.6 Å². The van der Waals surface area contributed by atoms with Crippen molar-refractivity contribution in [3.63, 3.8) is 0 Å². The number of aliphatic hydroxyl groups is 1. The van der Waals surface area contributed by atoms with Crippen molar-refractivity contribution in [3.8, 4) is 27.7 Å². The summed E-state index contributed by atoms with van der Waals surface area (Å²) in [4.78, 5) is 60.4. The van der Waals surface area contributed by atoms with E-state index in [-0.39, 0.29) is 24.0 Å². The predicted molar refractivity (Wildman–Crippen MR) is 300 cm³/mol. The van der Waals surface area contributed by atoms with Gasteiger partial charge in [-0.2, -0.15) is 0 Å². The fourth-order valence-corrected chi connectivity index (χ4v) is 11.1. The monoisotopic (exact) mass is 1120 g/mol. The summed E-state index contributed by atoms with van der Waals surface area (Å²) in [5.74, 6) is 2.51. The van der Waals surface area contributed by atoms with Crippen LogP contribution in [0.3, 0.4) is 0 Å². The Morgan fingerprint density at radius 2 is 1.07 bits per heavy atom. The molecule has 75 heavy (non-hydrogen) atoms. The fourth-order valence-electron chi connectivity index (χ4n) is 9.03. The summed E-state index contributed by atoms with van der Waals surface area (Å²) in [5.41, 5.74) is 7.30. The molecule has 8 aromatic rings. The average molecular weight is 1120 g/mol. The molecule has 396 valence electrons. The van der Waals surface area contributed by atoms with Gasteiger partial charge < -0.3 is 29.4 Å². The molecule has 2 aromatic carbocycles. The predicted octanol–water partition coefficient (Wildman–Crippen LogP) is 9.53. The van der Waals surface area contributed by atoms with Gasteiger partial charge in [-0.3, -0.25) is 9.59 Å². The Balaban J connectivity index is 0.000000165. The first-order chi connectivity index (χ1) is 36.2. The molecule has 21 heteroatoms. The van der Waals surface area contributed by atoms with E-state index in [1.54, 1.807) is 47.0 Å². The van der Waals surface area contributed by atoms with Gasteiger partial charge in [-0.25, -0.2) is 38.9 Å². The van der Waals surface area contributed by atoms with Crippen LogP contribution in [0.15, 0.2) is 89.6 Å². The van der Waals surface area contributed by atoms with E-state index in [0.717, 1.165) is 126 Å². The molecule has 2 saturated heterocycles. The highest BCUT2D eigenvalue weighted by Crippen LogP contribution is 2.31. The topological polar surface area (TPSA) is 188 Å². The minimum absolute atomic E-state index is 0.00651. The van der Waals surface area contributed by atoms with Gasteiger partial charge in [-0.15, -0.1) is 10.2 Å². The van der Waals surface area contributed by atoms with Crippen molar-refractivity contribution in [1.29, 1.82) is 0 Å². The Kier molecular flexibility index (Phi) is 18.6. The number of rotatable bonds is 14. The average Bonchev–Trinajstić information content (AvgIpc) is 4.20. The van der Waals surface area contributed by atoms with Crippen molar-refractivity contribution >= 4 is 72.2 Å². The maximum atomic E-state index is 12.1. The Morgan fingerprint density at radius 3 is 1.45 bits per heavy atom. The Labute approximate surface area is 455 Å². The van der Waals surface area contributed by atoms with E-state index in [2.05, 4.69) is 81.6 Å². The van der Waals surface area contributed by atoms with Crippen molar-refractivity contribution in [3.05, 3.63) is 112 Å². The van der Waals surface area contributed by atoms with Gasteiger partial charge in [0, 0.05) is 101 Å². The van der Waals surface area contributed by atoms with Crippen LogP contribution in [-0.2, 0) is 12.8 Å². The van der Waals surface area contributed by atoms with Crippen molar-refractivity contribution in [2.75, 3.05) is 64.2 Å². The van der Waals surface area contributed by atoms with Gasteiger partial charge in [0.2, 0.25) is 21.8 Å². The SMILES string of the molecule is CCCc1cnc(N2CCC(C(C)O)CC2)nc1.CCCc1cnc(N2CCC(C(C)Oc3nn4cc(-c5ccc(C(=O)N(C)C)cc5)nc4s3)CC2)nc1.CN(C)C(=O)c1ccc(-c2cn3nc(Br)sc3n2)cc1. The van der Waals surface area contributed by atoms with E-state index < -0.39 is 0 Å². The molecule has 2 amide bonds. The maximum Gasteiger partial charge on any atom is 0.294 e. The number of fused-ring (bicyclic) bond motifs is 2. The summed E-state index contributed by atoms with van der Waals surface area (Å²) in [7, 11) is 6.97. The van der Waals surface area contributed by atoms with E-state index in [4.69, 9.17) is 9.72 Å². The lowest BCUT2D eigenvalue weighted by atomic mass is 9.92. The number of nitrogens with zero attached hydrogens (tertiary/aromatic N) is 14. The summed E-state index contributed by atoms with van der Waals surface area (Å²) in [6, 6.07) is 14.9. The number of carbonyl (C=O) groups excluding carboxylic acids is 2. The first kappa shape index (κ1) is 54.8. The van der Waals surface area contributed by atoms with Crippen molar-refractivity contribution in [1.82, 2.24) is 58.9 Å². The normalized spacial score (nSPS) is 15.0. The van der Waals surface area contributed by atoms with Gasteiger partial charge in [-0.1, -0.05) is 62.3 Å². The van der Waals surface area contributed by atoms with E-state index in [9.17, 15) is 14.7 Å². The van der Waals surface area contributed by atoms with Crippen LogP contribution in [0.4, 0.5) is 11.9 Å². The number of benzene rings is 2. The van der Waals surface area contributed by atoms with Crippen LogP contribution in [0.2, 0.25) is 0 Å². The number of aryl methyl sites for hydroxylation is 2. The van der Waals surface area contributed by atoms with Gasteiger partial charge in [0.25, 0.3) is 17.0 Å². The molecule has 2 aliphatic heterocycles. The quantitative estimate of drug-likeness (QED) is 0.108. The number of aliphatic hydroxyl groups excluding tert-OH is 1. The summed E-state index contributed by atoms with van der Waals surface area (Å²) in [5, 5.41) is 19.1. The van der Waals surface area contributed by atoms with Crippen LogP contribution >= 0.6 is 38.6 Å². The van der Waals surface area contributed by atoms with Gasteiger partial charge in [0.05, 0.1) is 29.9 Å². The molecule has 2 aliphatic rings. The first-order valence-corrected chi connectivity index (χ1v) is 28.1. The highest BCUT2D eigenvalue weighted by molar-refractivity contribution is 9.11. The molecule has 0 saturated carbocycles. The fraction of sp³-hybridized carbons (Fsp3) is 0.444. The van der Waals surface area contributed by atoms with Gasteiger partial charge in [-0.05, 0) is 127 Å². The first-order valence-electron chi connectivity index (χ1n) is 25.6. The van der Waals surface area contributed by atoms with E-state index in [0.29, 0.717) is 28.2 Å². The Hall–Kier alpha value is -6.42. The number of halogens is 1. The molecule has 0 spiro atoms. The molecule has 8 heterocycles. The molecule has 2 atom stereocenters. The minimum Gasteiger partial charge on any atom is -0.466 e. The smallest absolute Gasteiger partial charge is 0.294 e. The Bertz CT molecular complexity index is 3020. The number of amides is 2. The molecular formula is C54H67BrN14O4S2. The summed E-state index contributed by atoms with van der Waals surface area (Å²) in [6.45, 7) is 12.1. The lowest BCUT2D eigenvalue weighted by Crippen LogP contribution is -2.39. The molecule has 0 bridgehead atoms. The molecular weight excluding hydrogens is 1050 g/mol. The molecule has 1 N–H and O–H groups in total. The van der Waals surface area contributed by atoms with Crippen molar-refractivity contribution in [2.45, 2.75) is 91.3 Å². The van der Waals surface area contributed by atoms with Crippen LogP contribution in [0.1, 0.15) is 98.1 Å². The third-order valence-electron chi connectivity index (χ3n) is 13.4. The van der Waals surface area contributed by atoms with E-state index >= 15 is 0 Å². The van der Waals surface area contributed by atoms with Gasteiger partial charge in [0.15, 0.2) is 3.92 Å². The lowest BCUT2D eigenvalue weighted by Gasteiger charge is -2.34. The molecule has 0 radical (unpaired) electrons. The number of piperidine rings is 2. The zero-order chi connectivity index (χ0) is 53.2. The van der Waals surface area contributed by atoms with Crippen molar-refractivity contribution < 1.29 is 19.4 Å². The zero-order valence-corrected chi connectivity index (χ0v) is 47.2. The van der Waals surface area contributed by atoms with Crippen LogP contribution in [0.25, 0.3) is 32.4 Å². The van der Waals surface area contributed by atoms with Crippen LogP contribution in [-0.4, -0.2) is 142 Å². The second-order valence-electron chi connectivity index (χ2n) is 19.5. The number of ether oxygens (including phenoxy) is 1. The van der Waals surface area contributed by atoms with E-state index in [1.165, 1.54) is 33.8 Å². The molecule has 2 unspecified atom stereocenters. The number of hydrogen-bond donors (Lipinski definition) is 1. The van der Waals surface area contributed by atoms with Crippen molar-refractivity contribution in [2.24, 2.45) is 11.8 Å². The Morgan fingerprint density at radius 1 is 0.653 bits per heavy atom. The summed E-state index contributed by atoms with van der Waals surface area (Å²) >= 11 is 6.25. The molecule has 0 aliphatic carbocycles. The largest absolute Gasteiger partial charge is 0.466 e. The van der Waals surface area contributed by atoms with Gasteiger partial charge in [0.1, 0.15) is 6.10 Å².